The summed E-state index contributed by atoms with van der Waals surface area (Å²) in [5.74, 6) is -1.36. The van der Waals surface area contributed by atoms with Crippen LogP contribution in [-0.4, -0.2) is 65.7 Å². The van der Waals surface area contributed by atoms with Gasteiger partial charge in [-0.2, -0.15) is 26.3 Å². The number of aliphatic hydroxyl groups excluding tert-OH is 2. The van der Waals surface area contributed by atoms with Gasteiger partial charge in [0.25, 0.3) is 5.91 Å². The summed E-state index contributed by atoms with van der Waals surface area (Å²) in [6.45, 7) is 7.55. The lowest BCUT2D eigenvalue weighted by Gasteiger charge is -2.17. The molecule has 6 nitrogen and oxygen atoms in total. The molecule has 190 valence electrons. The molecule has 1 amide bonds. The highest BCUT2D eigenvalue weighted by Crippen LogP contribution is 2.29. The lowest BCUT2D eigenvalue weighted by Crippen LogP contribution is -2.35. The van der Waals surface area contributed by atoms with E-state index in [0.717, 1.165) is 36.3 Å². The quantitative estimate of drug-likeness (QED) is 0.258. The summed E-state index contributed by atoms with van der Waals surface area (Å²) in [5, 5.41) is 19.2. The number of aliphatic hydroxyl groups is 2. The Labute approximate surface area is 188 Å². The van der Waals surface area contributed by atoms with E-state index in [4.69, 9.17) is 5.11 Å². The normalized spacial score (nSPS) is 14.5. The number of hydrogen-bond acceptors (Lipinski definition) is 5. The van der Waals surface area contributed by atoms with Gasteiger partial charge in [0.15, 0.2) is 5.78 Å². The van der Waals surface area contributed by atoms with Crippen molar-refractivity contribution < 1.29 is 51.0 Å². The SMILES string of the molecule is C=CC/C(=C\C[C@H](O)C(=O)N(C)OC)C(F)(F)F.C=CC/C(=C\C[C@H](O)C(C)=O)C(F)(F)F. The molecule has 0 aromatic heterocycles. The van der Waals surface area contributed by atoms with E-state index < -0.39 is 53.8 Å². The first-order chi connectivity index (χ1) is 15.0. The molecule has 0 aromatic carbocycles. The fourth-order valence-corrected chi connectivity index (χ4v) is 2.01. The predicted octanol–water partition coefficient (Wildman–Crippen LogP) is 4.21. The van der Waals surface area contributed by atoms with Crippen molar-refractivity contribution in [2.75, 3.05) is 14.2 Å². The predicted molar refractivity (Wildman–Crippen MR) is 110 cm³/mol. The first-order valence-corrected chi connectivity index (χ1v) is 9.45. The van der Waals surface area contributed by atoms with Crippen molar-refractivity contribution in [1.29, 1.82) is 0 Å². The molecular formula is C21H29F6NO5. The van der Waals surface area contributed by atoms with Crippen LogP contribution in [0.1, 0.15) is 32.6 Å². The number of rotatable bonds is 11. The molecule has 0 fully saturated rings. The maximum Gasteiger partial charge on any atom is 0.412 e. The summed E-state index contributed by atoms with van der Waals surface area (Å²) >= 11 is 0. The molecule has 33 heavy (non-hydrogen) atoms. The Hall–Kier alpha value is -2.44. The van der Waals surface area contributed by atoms with E-state index in [1.807, 2.05) is 0 Å². The summed E-state index contributed by atoms with van der Waals surface area (Å²) in [7, 11) is 2.46. The van der Waals surface area contributed by atoms with Crippen LogP contribution in [0, 0.1) is 0 Å². The van der Waals surface area contributed by atoms with Crippen LogP contribution in [-0.2, 0) is 14.4 Å². The molecule has 0 heterocycles. The minimum atomic E-state index is -4.50. The van der Waals surface area contributed by atoms with Crippen LogP contribution in [0.15, 0.2) is 48.6 Å². The van der Waals surface area contributed by atoms with Gasteiger partial charge in [0, 0.05) is 24.6 Å². The molecule has 0 unspecified atom stereocenters. The average Bonchev–Trinajstić information content (AvgIpc) is 2.70. The number of allylic oxidation sites excluding steroid dienone is 4. The van der Waals surface area contributed by atoms with Gasteiger partial charge in [-0.3, -0.25) is 14.4 Å². The number of halogens is 6. The fraction of sp³-hybridized carbons (Fsp3) is 0.524. The smallest absolute Gasteiger partial charge is 0.385 e. The molecule has 0 radical (unpaired) electrons. The third-order valence-electron chi connectivity index (χ3n) is 3.97. The molecule has 0 bridgehead atoms. The van der Waals surface area contributed by atoms with Crippen molar-refractivity contribution in [3.8, 4) is 0 Å². The standard InChI is InChI=1S/C11H16F3NO3.C10H13F3O2/c1-4-5-8(11(12,13)14)6-7-9(16)10(17)15(2)18-3;1-3-4-8(10(11,12)13)5-6-9(15)7(2)14/h4,6,9,16H,1,5,7H2,2-3H3;3,5,9,15H,1,4,6H2,2H3/b8-6+;8-5+/t2*9-/m00/s1. The monoisotopic (exact) mass is 489 g/mol. The van der Waals surface area contributed by atoms with Crippen LogP contribution in [0.3, 0.4) is 0 Å². The number of amides is 1. The summed E-state index contributed by atoms with van der Waals surface area (Å²) < 4.78 is 74.2. The van der Waals surface area contributed by atoms with Crippen LogP contribution < -0.4 is 0 Å². The number of hydrogen-bond donors (Lipinski definition) is 2. The second-order valence-corrected chi connectivity index (χ2v) is 6.57. The third kappa shape index (κ3) is 14.3. The molecule has 0 saturated heterocycles. The van der Waals surface area contributed by atoms with Gasteiger partial charge >= 0.3 is 12.4 Å². The molecule has 12 heteroatoms. The van der Waals surface area contributed by atoms with Gasteiger partial charge in [-0.15, -0.1) is 13.2 Å². The van der Waals surface area contributed by atoms with E-state index in [0.29, 0.717) is 0 Å². The van der Waals surface area contributed by atoms with Gasteiger partial charge in [0.1, 0.15) is 12.2 Å². The second-order valence-electron chi connectivity index (χ2n) is 6.57. The fourth-order valence-electron chi connectivity index (χ4n) is 2.01. The minimum absolute atomic E-state index is 0.321. The number of likely N-dealkylation sites (N-methyl/N-ethyl adjacent to an activating group) is 1. The highest BCUT2D eigenvalue weighted by Gasteiger charge is 2.33. The number of carbonyl (C=O) groups is 2. The van der Waals surface area contributed by atoms with Crippen molar-refractivity contribution in [1.82, 2.24) is 5.06 Å². The Morgan fingerprint density at radius 3 is 1.55 bits per heavy atom. The minimum Gasteiger partial charge on any atom is -0.385 e. The van der Waals surface area contributed by atoms with E-state index in [2.05, 4.69) is 18.0 Å². The molecule has 0 aliphatic heterocycles. The molecule has 0 saturated carbocycles. The first-order valence-electron chi connectivity index (χ1n) is 9.45. The molecule has 0 rings (SSSR count). The summed E-state index contributed by atoms with van der Waals surface area (Å²) in [6, 6.07) is 0. The first kappa shape index (κ1) is 32.7. The van der Waals surface area contributed by atoms with E-state index >= 15 is 0 Å². The lowest BCUT2D eigenvalue weighted by atomic mass is 10.1. The van der Waals surface area contributed by atoms with Crippen LogP contribution in [0.25, 0.3) is 0 Å². The second kappa shape index (κ2) is 15.4. The van der Waals surface area contributed by atoms with Crippen LogP contribution >= 0.6 is 0 Å². The van der Waals surface area contributed by atoms with Crippen LogP contribution in [0.5, 0.6) is 0 Å². The zero-order valence-corrected chi connectivity index (χ0v) is 18.5. The number of carbonyl (C=O) groups excluding carboxylic acids is 2. The van der Waals surface area contributed by atoms with Gasteiger partial charge in [-0.05, 0) is 26.2 Å². The van der Waals surface area contributed by atoms with Crippen molar-refractivity contribution in [3.63, 3.8) is 0 Å². The Morgan fingerprint density at radius 1 is 0.909 bits per heavy atom. The van der Waals surface area contributed by atoms with Crippen molar-refractivity contribution in [2.45, 2.75) is 57.2 Å². The average molecular weight is 489 g/mol. The summed E-state index contributed by atoms with van der Waals surface area (Å²) in [5.41, 5.74) is -1.64. The zero-order valence-electron chi connectivity index (χ0n) is 18.5. The lowest BCUT2D eigenvalue weighted by molar-refractivity contribution is -0.177. The number of alkyl halides is 6. The Morgan fingerprint density at radius 2 is 1.27 bits per heavy atom. The Balaban J connectivity index is 0. The number of Topliss-reactive ketones (excluding diaryl/α,β-unsaturated/α-hetero) is 1. The topological polar surface area (TPSA) is 87.1 Å². The highest BCUT2D eigenvalue weighted by atomic mass is 19.4. The van der Waals surface area contributed by atoms with Gasteiger partial charge < -0.3 is 10.2 Å². The Bertz CT molecular complexity index is 713. The van der Waals surface area contributed by atoms with E-state index in [1.54, 1.807) is 0 Å². The van der Waals surface area contributed by atoms with E-state index in [-0.39, 0.29) is 19.3 Å². The van der Waals surface area contributed by atoms with Crippen LogP contribution in [0.4, 0.5) is 26.3 Å². The number of nitrogens with zero attached hydrogens (tertiary/aromatic N) is 1. The third-order valence-corrected chi connectivity index (χ3v) is 3.97. The van der Waals surface area contributed by atoms with Gasteiger partial charge in [-0.1, -0.05) is 24.3 Å². The van der Waals surface area contributed by atoms with Crippen LogP contribution in [0.2, 0.25) is 0 Å². The maximum atomic E-state index is 12.5. The van der Waals surface area contributed by atoms with E-state index in [9.17, 15) is 41.0 Å². The molecule has 0 aromatic rings. The summed E-state index contributed by atoms with van der Waals surface area (Å²) in [6.07, 6.45) is -9.49. The van der Waals surface area contributed by atoms with E-state index in [1.165, 1.54) is 14.2 Å². The molecule has 0 aliphatic carbocycles. The molecule has 2 N–H and O–H groups in total. The van der Waals surface area contributed by atoms with Crippen molar-refractivity contribution >= 4 is 11.7 Å². The Kier molecular flexibility index (Phi) is 15.3. The molecule has 0 spiro atoms. The molecular weight excluding hydrogens is 460 g/mol. The zero-order chi connectivity index (χ0) is 26.4. The summed E-state index contributed by atoms with van der Waals surface area (Å²) in [4.78, 5) is 26.4. The van der Waals surface area contributed by atoms with Crippen molar-refractivity contribution in [3.05, 3.63) is 48.6 Å². The largest absolute Gasteiger partial charge is 0.412 e. The molecule has 0 aliphatic rings. The van der Waals surface area contributed by atoms with Gasteiger partial charge in [-0.25, -0.2) is 5.06 Å². The van der Waals surface area contributed by atoms with Gasteiger partial charge in [0.05, 0.1) is 7.11 Å². The number of ketones is 1. The maximum absolute atomic E-state index is 12.5. The number of hydroxylamine groups is 2. The van der Waals surface area contributed by atoms with Gasteiger partial charge in [0.2, 0.25) is 0 Å². The van der Waals surface area contributed by atoms with Crippen molar-refractivity contribution in [2.24, 2.45) is 0 Å². The highest BCUT2D eigenvalue weighted by molar-refractivity contribution is 5.80. The molecule has 2 atom stereocenters.